The van der Waals surface area contributed by atoms with Crippen LogP contribution in [0.2, 0.25) is 0 Å². The van der Waals surface area contributed by atoms with Crippen LogP contribution in [0.1, 0.15) is 43.5 Å². The molecule has 6 nitrogen and oxygen atoms in total. The molecule has 0 radical (unpaired) electrons. The molecule has 30 heavy (non-hydrogen) atoms. The number of aromatic nitrogens is 2. The molecule has 2 aliphatic rings. The average Bonchev–Trinajstić information content (AvgIpc) is 3.43. The number of fused-ring (bicyclic) bond motifs is 2. The van der Waals surface area contributed by atoms with Crippen molar-refractivity contribution in [3.8, 4) is 11.5 Å². The van der Waals surface area contributed by atoms with Crippen LogP contribution in [0.4, 0.5) is 0 Å². The second-order valence-electron chi connectivity index (χ2n) is 8.32. The third kappa shape index (κ3) is 3.74. The second kappa shape index (κ2) is 8.01. The molecule has 2 N–H and O–H groups in total. The van der Waals surface area contributed by atoms with Crippen LogP contribution in [0.5, 0.6) is 11.5 Å². The minimum absolute atomic E-state index is 0.0230. The Kier molecular flexibility index (Phi) is 5.07. The van der Waals surface area contributed by atoms with E-state index in [4.69, 9.17) is 9.47 Å². The highest BCUT2D eigenvalue weighted by atomic mass is 16.6. The summed E-state index contributed by atoms with van der Waals surface area (Å²) in [5, 5.41) is 3.20. The molecular weight excluding hydrogens is 378 g/mol. The number of carbonyl (C=O) groups is 1. The summed E-state index contributed by atoms with van der Waals surface area (Å²) in [5.74, 6) is 2.56. The van der Waals surface area contributed by atoms with Crippen LogP contribution in [-0.4, -0.2) is 35.6 Å². The molecule has 0 bridgehead atoms. The van der Waals surface area contributed by atoms with E-state index in [1.807, 2.05) is 30.3 Å². The van der Waals surface area contributed by atoms with Gasteiger partial charge in [-0.2, -0.15) is 0 Å². The monoisotopic (exact) mass is 405 g/mol. The number of H-pyrrole nitrogens is 1. The highest BCUT2D eigenvalue weighted by molar-refractivity contribution is 5.77. The molecule has 1 aromatic heterocycles. The molecule has 1 fully saturated rings. The number of hydrogen-bond donors (Lipinski definition) is 2. The van der Waals surface area contributed by atoms with Gasteiger partial charge in [0, 0.05) is 24.8 Å². The second-order valence-corrected chi connectivity index (χ2v) is 8.32. The van der Waals surface area contributed by atoms with Crippen molar-refractivity contribution in [1.82, 2.24) is 15.3 Å². The fourth-order valence-corrected chi connectivity index (χ4v) is 4.70. The van der Waals surface area contributed by atoms with Gasteiger partial charge >= 0.3 is 0 Å². The third-order valence-corrected chi connectivity index (χ3v) is 6.37. The van der Waals surface area contributed by atoms with Crippen LogP contribution in [0.25, 0.3) is 11.0 Å². The summed E-state index contributed by atoms with van der Waals surface area (Å²) in [6.07, 6.45) is 5.56. The Morgan fingerprint density at radius 1 is 1.07 bits per heavy atom. The molecule has 0 unspecified atom stereocenters. The highest BCUT2D eigenvalue weighted by Gasteiger charge is 2.36. The first-order chi connectivity index (χ1) is 14.7. The Morgan fingerprint density at radius 2 is 1.87 bits per heavy atom. The van der Waals surface area contributed by atoms with Crippen molar-refractivity contribution >= 4 is 16.9 Å². The number of hydrogen-bond acceptors (Lipinski definition) is 4. The number of ether oxygens (including phenoxy) is 2. The van der Waals surface area contributed by atoms with Gasteiger partial charge in [0.1, 0.15) is 19.0 Å². The lowest BCUT2D eigenvalue weighted by atomic mass is 9.78. The summed E-state index contributed by atoms with van der Waals surface area (Å²) in [6, 6.07) is 14.2. The van der Waals surface area contributed by atoms with Crippen molar-refractivity contribution in [1.29, 1.82) is 0 Å². The maximum Gasteiger partial charge on any atom is 0.220 e. The summed E-state index contributed by atoms with van der Waals surface area (Å²) in [7, 11) is 0. The minimum Gasteiger partial charge on any atom is -0.486 e. The van der Waals surface area contributed by atoms with Gasteiger partial charge in [-0.3, -0.25) is 4.79 Å². The molecule has 0 saturated heterocycles. The van der Waals surface area contributed by atoms with E-state index in [0.29, 0.717) is 32.6 Å². The van der Waals surface area contributed by atoms with Gasteiger partial charge in [-0.15, -0.1) is 0 Å². The molecule has 156 valence electrons. The van der Waals surface area contributed by atoms with E-state index in [-0.39, 0.29) is 11.3 Å². The molecule has 1 amide bonds. The van der Waals surface area contributed by atoms with E-state index in [2.05, 4.69) is 27.4 Å². The zero-order chi connectivity index (χ0) is 20.4. The quantitative estimate of drug-likeness (QED) is 0.652. The first-order valence-corrected chi connectivity index (χ1v) is 10.8. The zero-order valence-corrected chi connectivity index (χ0v) is 17.1. The highest BCUT2D eigenvalue weighted by Crippen LogP contribution is 2.43. The van der Waals surface area contributed by atoms with Crippen LogP contribution in [0.15, 0.2) is 42.5 Å². The van der Waals surface area contributed by atoms with Crippen LogP contribution in [0, 0.1) is 0 Å². The molecule has 2 aromatic carbocycles. The maximum atomic E-state index is 12.6. The lowest BCUT2D eigenvalue weighted by molar-refractivity contribution is -0.121. The Balaban J connectivity index is 1.23. The van der Waals surface area contributed by atoms with Gasteiger partial charge < -0.3 is 19.8 Å². The molecule has 5 rings (SSSR count). The van der Waals surface area contributed by atoms with Gasteiger partial charge in [-0.1, -0.05) is 31.0 Å². The van der Waals surface area contributed by atoms with Gasteiger partial charge in [0.2, 0.25) is 5.91 Å². The Labute approximate surface area is 176 Å². The summed E-state index contributed by atoms with van der Waals surface area (Å²) < 4.78 is 11.4. The van der Waals surface area contributed by atoms with E-state index >= 15 is 0 Å². The number of aromatic amines is 1. The van der Waals surface area contributed by atoms with Crippen molar-refractivity contribution in [2.75, 3.05) is 19.8 Å². The van der Waals surface area contributed by atoms with E-state index in [1.54, 1.807) is 0 Å². The largest absolute Gasteiger partial charge is 0.486 e. The predicted octanol–water partition coefficient (Wildman–Crippen LogP) is 3.89. The normalized spacial score (nSPS) is 17.2. The number of amides is 1. The summed E-state index contributed by atoms with van der Waals surface area (Å²) in [4.78, 5) is 20.5. The summed E-state index contributed by atoms with van der Waals surface area (Å²) >= 11 is 0. The third-order valence-electron chi connectivity index (χ3n) is 6.37. The summed E-state index contributed by atoms with van der Waals surface area (Å²) in [6.45, 7) is 1.84. The first kappa shape index (κ1) is 19.0. The Hall–Kier alpha value is -3.02. The molecule has 1 aliphatic heterocycles. The Bertz CT molecular complexity index is 1020. The van der Waals surface area contributed by atoms with Gasteiger partial charge in [0.25, 0.3) is 0 Å². The molecule has 0 atom stereocenters. The number of aryl methyl sites for hydroxylation is 1. The average molecular weight is 405 g/mol. The van der Waals surface area contributed by atoms with Crippen molar-refractivity contribution < 1.29 is 14.3 Å². The molecule has 0 spiro atoms. The van der Waals surface area contributed by atoms with E-state index in [1.165, 1.54) is 18.4 Å². The van der Waals surface area contributed by atoms with Crippen molar-refractivity contribution in [2.45, 2.75) is 43.9 Å². The molecular formula is C24H27N3O3. The SMILES string of the molecule is O=C(CCc1nc2ccccc2[nH]1)NCC1(c2ccc3c(c2)OCCO3)CCCC1. The zero-order valence-electron chi connectivity index (χ0n) is 17.1. The molecule has 6 heteroatoms. The van der Waals surface area contributed by atoms with Gasteiger partial charge in [0.05, 0.1) is 11.0 Å². The lowest BCUT2D eigenvalue weighted by Gasteiger charge is -2.31. The van der Waals surface area contributed by atoms with Crippen LogP contribution in [-0.2, 0) is 16.6 Å². The fourth-order valence-electron chi connectivity index (χ4n) is 4.70. The smallest absolute Gasteiger partial charge is 0.220 e. The number of nitrogens with zero attached hydrogens (tertiary/aromatic N) is 1. The first-order valence-electron chi connectivity index (χ1n) is 10.8. The van der Waals surface area contributed by atoms with Crippen molar-refractivity contribution in [3.63, 3.8) is 0 Å². The fraction of sp³-hybridized carbons (Fsp3) is 0.417. The van der Waals surface area contributed by atoms with Gasteiger partial charge in [0.15, 0.2) is 11.5 Å². The maximum absolute atomic E-state index is 12.6. The topological polar surface area (TPSA) is 76.2 Å². The minimum atomic E-state index is -0.0230. The van der Waals surface area contributed by atoms with E-state index in [9.17, 15) is 4.79 Å². The van der Waals surface area contributed by atoms with E-state index < -0.39 is 0 Å². The molecule has 1 aliphatic carbocycles. The lowest BCUT2D eigenvalue weighted by Crippen LogP contribution is -2.39. The van der Waals surface area contributed by atoms with E-state index in [0.717, 1.165) is 41.2 Å². The number of rotatable bonds is 6. The van der Waals surface area contributed by atoms with Crippen molar-refractivity contribution in [2.24, 2.45) is 0 Å². The summed E-state index contributed by atoms with van der Waals surface area (Å²) in [5.41, 5.74) is 3.17. The Morgan fingerprint density at radius 3 is 2.70 bits per heavy atom. The predicted molar refractivity (Wildman–Crippen MR) is 115 cm³/mol. The number of nitrogens with one attached hydrogen (secondary N) is 2. The molecule has 1 saturated carbocycles. The van der Waals surface area contributed by atoms with Crippen LogP contribution in [0.3, 0.4) is 0 Å². The molecule has 2 heterocycles. The van der Waals surface area contributed by atoms with Crippen LogP contribution >= 0.6 is 0 Å². The number of imidazole rings is 1. The number of carbonyl (C=O) groups excluding carboxylic acids is 1. The standard InChI is InChI=1S/C24H27N3O3/c28-23(10-9-22-26-18-5-1-2-6-19(18)27-22)25-16-24(11-3-4-12-24)17-7-8-20-21(15-17)30-14-13-29-20/h1-2,5-8,15H,3-4,9-14,16H2,(H,25,28)(H,26,27). The number of para-hydroxylation sites is 2. The van der Waals surface area contributed by atoms with Crippen LogP contribution < -0.4 is 14.8 Å². The number of benzene rings is 2. The van der Waals surface area contributed by atoms with Gasteiger partial charge in [-0.05, 0) is 42.7 Å². The molecule has 3 aromatic rings. The van der Waals surface area contributed by atoms with Crippen molar-refractivity contribution in [3.05, 3.63) is 53.9 Å². The van der Waals surface area contributed by atoms with Gasteiger partial charge in [-0.25, -0.2) is 4.98 Å².